The van der Waals surface area contributed by atoms with Gasteiger partial charge >= 0.3 is 0 Å². The normalized spacial score (nSPS) is 27.9. The Bertz CT molecular complexity index is 604. The number of hydrogen-bond donors (Lipinski definition) is 2. The van der Waals surface area contributed by atoms with Crippen molar-refractivity contribution >= 4 is 5.69 Å². The van der Waals surface area contributed by atoms with E-state index in [0.29, 0.717) is 36.6 Å². The summed E-state index contributed by atoms with van der Waals surface area (Å²) >= 11 is 0. The maximum Gasteiger partial charge on any atom is 0.146 e. The minimum Gasteiger partial charge on any atom is -0.385 e. The molecule has 0 aromatic heterocycles. The largest absolute Gasteiger partial charge is 0.385 e. The smallest absolute Gasteiger partial charge is 0.146 e. The highest BCUT2D eigenvalue weighted by Gasteiger charge is 2.32. The monoisotopic (exact) mass is 393 g/mol. The van der Waals surface area contributed by atoms with Crippen LogP contribution in [-0.2, 0) is 4.74 Å². The Kier molecular flexibility index (Phi) is 7.72. The Hall–Kier alpha value is -1.17. The van der Waals surface area contributed by atoms with Crippen LogP contribution in [0.3, 0.4) is 0 Å². The van der Waals surface area contributed by atoms with E-state index in [2.05, 4.69) is 25.7 Å². The topological polar surface area (TPSA) is 37.1 Å². The maximum absolute atomic E-state index is 14.0. The molecule has 28 heavy (non-hydrogen) atoms. The summed E-state index contributed by atoms with van der Waals surface area (Å²) in [4.78, 5) is 3.49. The van der Waals surface area contributed by atoms with Crippen LogP contribution in [0.2, 0.25) is 0 Å². The lowest BCUT2D eigenvalue weighted by molar-refractivity contribution is -0.903. The minimum atomic E-state index is -0.431. The van der Waals surface area contributed by atoms with Gasteiger partial charge in [-0.1, -0.05) is 39.3 Å². The third-order valence-corrected chi connectivity index (χ3v) is 6.65. The number of benzene rings is 1. The van der Waals surface area contributed by atoms with Gasteiger partial charge in [0, 0.05) is 0 Å². The number of rotatable bonds is 7. The van der Waals surface area contributed by atoms with E-state index in [1.165, 1.54) is 23.8 Å². The van der Waals surface area contributed by atoms with Crippen molar-refractivity contribution in [2.75, 3.05) is 44.2 Å². The molecule has 1 aromatic rings. The maximum atomic E-state index is 14.0. The van der Waals surface area contributed by atoms with Gasteiger partial charge in [-0.15, -0.1) is 0 Å². The Balaban J connectivity index is 1.42. The second-order valence-electron chi connectivity index (χ2n) is 9.24. The molecule has 1 aliphatic heterocycles. The minimum absolute atomic E-state index is 0.152. The molecule has 1 saturated heterocycles. The number of nitrogens with one attached hydrogen (secondary N) is 1. The van der Waals surface area contributed by atoms with E-state index in [9.17, 15) is 9.50 Å². The van der Waals surface area contributed by atoms with Gasteiger partial charge in [0.25, 0.3) is 0 Å². The number of aliphatic hydroxyl groups excluding tert-OH is 1. The SMILES string of the molecule is CC(C)[C@H]1CC[C@@H](C)C[C@H]1OC[C@H](O)C[NH+]1CCN(c2ccccc2F)CC1. The zero-order chi connectivity index (χ0) is 20.1. The van der Waals surface area contributed by atoms with Crippen molar-refractivity contribution in [2.45, 2.75) is 52.2 Å². The summed E-state index contributed by atoms with van der Waals surface area (Å²) in [5.41, 5.74) is 0.691. The van der Waals surface area contributed by atoms with E-state index in [-0.39, 0.29) is 11.9 Å². The van der Waals surface area contributed by atoms with Gasteiger partial charge in [0.15, 0.2) is 0 Å². The molecular weight excluding hydrogens is 355 g/mol. The summed E-state index contributed by atoms with van der Waals surface area (Å²) in [5, 5.41) is 10.5. The lowest BCUT2D eigenvalue weighted by Gasteiger charge is -2.38. The van der Waals surface area contributed by atoms with Crippen molar-refractivity contribution < 1.29 is 19.1 Å². The number of ether oxygens (including phenoxy) is 1. The summed E-state index contributed by atoms with van der Waals surface area (Å²) in [6.45, 7) is 11.5. The number of quaternary nitrogens is 1. The molecular formula is C23H38FN2O2+. The molecule has 5 heteroatoms. The first-order chi connectivity index (χ1) is 13.4. The van der Waals surface area contributed by atoms with Crippen LogP contribution >= 0.6 is 0 Å². The third-order valence-electron chi connectivity index (χ3n) is 6.65. The van der Waals surface area contributed by atoms with Gasteiger partial charge in [0.1, 0.15) is 18.5 Å². The van der Waals surface area contributed by atoms with Crippen LogP contribution in [0, 0.1) is 23.6 Å². The number of piperazine rings is 1. The molecule has 0 unspecified atom stereocenters. The molecule has 1 saturated carbocycles. The molecule has 4 atom stereocenters. The van der Waals surface area contributed by atoms with Crippen LogP contribution in [-0.4, -0.2) is 56.6 Å². The molecule has 2 aliphatic rings. The highest BCUT2D eigenvalue weighted by atomic mass is 19.1. The number of aliphatic hydroxyl groups is 1. The molecule has 0 amide bonds. The Morgan fingerprint density at radius 3 is 2.61 bits per heavy atom. The zero-order valence-electron chi connectivity index (χ0n) is 17.7. The number of anilines is 1. The molecule has 2 N–H and O–H groups in total. The Morgan fingerprint density at radius 1 is 1.21 bits per heavy atom. The predicted molar refractivity (Wildman–Crippen MR) is 111 cm³/mol. The standard InChI is InChI=1S/C23H37FN2O2/c1-17(2)20-9-8-18(3)14-23(20)28-16-19(27)15-25-10-12-26(13-11-25)22-7-5-4-6-21(22)24/h4-7,17-20,23,27H,8-16H2,1-3H3/p+1/t18-,19-,20-,23-/m1/s1. The van der Waals surface area contributed by atoms with E-state index in [1.807, 2.05) is 12.1 Å². The van der Waals surface area contributed by atoms with E-state index in [1.54, 1.807) is 6.07 Å². The van der Waals surface area contributed by atoms with Crippen LogP contribution < -0.4 is 9.80 Å². The molecule has 1 heterocycles. The van der Waals surface area contributed by atoms with Crippen LogP contribution in [0.5, 0.6) is 0 Å². The lowest BCUT2D eigenvalue weighted by atomic mass is 9.75. The molecule has 4 nitrogen and oxygen atoms in total. The molecule has 2 fully saturated rings. The number of halogens is 1. The van der Waals surface area contributed by atoms with Crippen molar-refractivity contribution in [1.82, 2.24) is 0 Å². The first-order valence-electron chi connectivity index (χ1n) is 11.1. The van der Waals surface area contributed by atoms with Crippen molar-refractivity contribution in [2.24, 2.45) is 17.8 Å². The van der Waals surface area contributed by atoms with Gasteiger partial charge in [-0.25, -0.2) is 4.39 Å². The predicted octanol–water partition coefficient (Wildman–Crippen LogP) is 2.37. The summed E-state index contributed by atoms with van der Waals surface area (Å²) in [7, 11) is 0. The first kappa shape index (κ1) is 21.5. The molecule has 3 rings (SSSR count). The lowest BCUT2D eigenvalue weighted by Crippen LogP contribution is -3.16. The van der Waals surface area contributed by atoms with Crippen molar-refractivity contribution in [1.29, 1.82) is 0 Å². The summed E-state index contributed by atoms with van der Waals surface area (Å²) in [6.07, 6.45) is 3.50. The van der Waals surface area contributed by atoms with Gasteiger partial charge in [0.05, 0.1) is 44.6 Å². The molecule has 0 bridgehead atoms. The van der Waals surface area contributed by atoms with Gasteiger partial charge in [-0.05, 0) is 42.7 Å². The van der Waals surface area contributed by atoms with Crippen LogP contribution in [0.4, 0.5) is 10.1 Å². The van der Waals surface area contributed by atoms with E-state index >= 15 is 0 Å². The van der Waals surface area contributed by atoms with Crippen molar-refractivity contribution in [3.8, 4) is 0 Å². The number of nitrogens with zero attached hydrogens (tertiary/aromatic N) is 1. The second kappa shape index (κ2) is 10.0. The van der Waals surface area contributed by atoms with Crippen molar-refractivity contribution in [3.05, 3.63) is 30.1 Å². The molecule has 0 spiro atoms. The number of para-hydroxylation sites is 1. The van der Waals surface area contributed by atoms with Gasteiger partial charge in [0.2, 0.25) is 0 Å². The summed E-state index contributed by atoms with van der Waals surface area (Å²) in [6, 6.07) is 6.98. The van der Waals surface area contributed by atoms with Crippen molar-refractivity contribution in [3.63, 3.8) is 0 Å². The Labute approximate surface area is 169 Å². The average Bonchev–Trinajstić information content (AvgIpc) is 2.67. The van der Waals surface area contributed by atoms with Gasteiger partial charge < -0.3 is 19.6 Å². The van der Waals surface area contributed by atoms with E-state index < -0.39 is 6.10 Å². The fraction of sp³-hybridized carbons (Fsp3) is 0.739. The molecule has 1 aliphatic carbocycles. The average molecular weight is 394 g/mol. The highest BCUT2D eigenvalue weighted by Crippen LogP contribution is 2.35. The Morgan fingerprint density at radius 2 is 1.93 bits per heavy atom. The fourth-order valence-corrected chi connectivity index (χ4v) is 4.91. The fourth-order valence-electron chi connectivity index (χ4n) is 4.91. The van der Waals surface area contributed by atoms with Gasteiger partial charge in [-0.3, -0.25) is 0 Å². The third kappa shape index (κ3) is 5.68. The highest BCUT2D eigenvalue weighted by molar-refractivity contribution is 5.47. The first-order valence-corrected chi connectivity index (χ1v) is 11.1. The molecule has 0 radical (unpaired) electrons. The van der Waals surface area contributed by atoms with E-state index in [4.69, 9.17) is 4.74 Å². The molecule has 1 aromatic carbocycles. The van der Waals surface area contributed by atoms with Crippen LogP contribution in [0.15, 0.2) is 24.3 Å². The molecule has 158 valence electrons. The van der Waals surface area contributed by atoms with Gasteiger partial charge in [-0.2, -0.15) is 0 Å². The second-order valence-corrected chi connectivity index (χ2v) is 9.24. The number of hydrogen-bond acceptors (Lipinski definition) is 3. The van der Waals surface area contributed by atoms with E-state index in [0.717, 1.165) is 32.6 Å². The van der Waals surface area contributed by atoms with Crippen LogP contribution in [0.1, 0.15) is 40.0 Å². The summed E-state index contributed by atoms with van der Waals surface area (Å²) in [5.74, 6) is 1.81. The van der Waals surface area contributed by atoms with Crippen LogP contribution in [0.25, 0.3) is 0 Å². The quantitative estimate of drug-likeness (QED) is 0.747. The zero-order valence-corrected chi connectivity index (χ0v) is 17.7. The summed E-state index contributed by atoms with van der Waals surface area (Å²) < 4.78 is 20.2.